The molecule has 1 aliphatic carbocycles. The lowest BCUT2D eigenvalue weighted by molar-refractivity contribution is 0.518. The Kier molecular flexibility index (Phi) is 14.2. The van der Waals surface area contributed by atoms with Crippen LogP contribution in [0.2, 0.25) is 0 Å². The quantitative estimate of drug-likeness (QED) is 0.133. The van der Waals surface area contributed by atoms with Crippen LogP contribution in [0, 0.1) is 6.92 Å². The third-order valence-corrected chi connectivity index (χ3v) is 8.67. The van der Waals surface area contributed by atoms with Gasteiger partial charge in [-0.1, -0.05) is 165 Å². The average molecular weight is 504 g/mol. The van der Waals surface area contributed by atoms with Crippen molar-refractivity contribution >= 4 is 5.69 Å². The van der Waals surface area contributed by atoms with Crippen LogP contribution in [-0.4, -0.2) is 0 Å². The molecule has 0 aromatic heterocycles. The van der Waals surface area contributed by atoms with E-state index in [0.29, 0.717) is 5.92 Å². The predicted molar refractivity (Wildman–Crippen MR) is 166 cm³/mol. The lowest BCUT2D eigenvalue weighted by Crippen LogP contribution is -1.98. The second-order valence-electron chi connectivity index (χ2n) is 12.0. The van der Waals surface area contributed by atoms with Crippen LogP contribution in [0.25, 0.3) is 11.1 Å². The number of hydrogen-bond donors (Lipinski definition) is 1. The van der Waals surface area contributed by atoms with Gasteiger partial charge in [0, 0.05) is 11.6 Å². The smallest absolute Gasteiger partial charge is 0.0317 e. The third kappa shape index (κ3) is 10.5. The van der Waals surface area contributed by atoms with Crippen LogP contribution in [0.1, 0.15) is 164 Å². The highest BCUT2D eigenvalue weighted by Crippen LogP contribution is 2.48. The Bertz CT molecular complexity index is 831. The summed E-state index contributed by atoms with van der Waals surface area (Å²) < 4.78 is 0. The summed E-state index contributed by atoms with van der Waals surface area (Å²) in [6.07, 6.45) is 30.0. The zero-order valence-corrected chi connectivity index (χ0v) is 24.5. The van der Waals surface area contributed by atoms with Gasteiger partial charge in [0.2, 0.25) is 0 Å². The lowest BCUT2D eigenvalue weighted by atomic mass is 9.90. The van der Waals surface area contributed by atoms with Crippen LogP contribution < -0.4 is 5.73 Å². The number of nitrogens with two attached hydrogens (primary N) is 1. The molecule has 2 aromatic rings. The zero-order valence-electron chi connectivity index (χ0n) is 24.5. The first-order valence-corrected chi connectivity index (χ1v) is 16.2. The van der Waals surface area contributed by atoms with Crippen molar-refractivity contribution in [2.24, 2.45) is 0 Å². The van der Waals surface area contributed by atoms with E-state index in [4.69, 9.17) is 5.73 Å². The molecule has 1 atom stereocenters. The minimum Gasteiger partial charge on any atom is -0.399 e. The van der Waals surface area contributed by atoms with Gasteiger partial charge in [-0.2, -0.15) is 0 Å². The van der Waals surface area contributed by atoms with Crippen molar-refractivity contribution in [2.45, 2.75) is 155 Å². The first kappa shape index (κ1) is 29.8. The van der Waals surface area contributed by atoms with Crippen molar-refractivity contribution in [2.75, 3.05) is 5.73 Å². The molecule has 2 aromatic carbocycles. The molecule has 0 saturated heterocycles. The van der Waals surface area contributed by atoms with Gasteiger partial charge in [-0.3, -0.25) is 0 Å². The van der Waals surface area contributed by atoms with Gasteiger partial charge in [-0.25, -0.2) is 0 Å². The van der Waals surface area contributed by atoms with Crippen LogP contribution in [0.15, 0.2) is 36.4 Å². The predicted octanol–water partition coefficient (Wildman–Crippen LogP) is 11.9. The van der Waals surface area contributed by atoms with Crippen molar-refractivity contribution in [1.82, 2.24) is 0 Å². The number of hydrogen-bond acceptors (Lipinski definition) is 1. The molecule has 0 heterocycles. The van der Waals surface area contributed by atoms with Crippen molar-refractivity contribution in [3.8, 4) is 11.1 Å². The van der Waals surface area contributed by atoms with Crippen molar-refractivity contribution in [3.05, 3.63) is 53.1 Å². The van der Waals surface area contributed by atoms with E-state index < -0.39 is 0 Å². The summed E-state index contributed by atoms with van der Waals surface area (Å²) in [5.41, 5.74) is 14.2. The molecule has 1 heteroatoms. The van der Waals surface area contributed by atoms with Gasteiger partial charge in [0.15, 0.2) is 0 Å². The molecule has 3 rings (SSSR count). The van der Waals surface area contributed by atoms with Gasteiger partial charge >= 0.3 is 0 Å². The van der Waals surface area contributed by atoms with Gasteiger partial charge in [-0.05, 0) is 47.7 Å². The van der Waals surface area contributed by atoms with Gasteiger partial charge in [0.05, 0.1) is 0 Å². The number of unbranched alkanes of at least 4 members (excludes halogenated alkanes) is 19. The molecule has 1 aliphatic rings. The van der Waals surface area contributed by atoms with Gasteiger partial charge in [0.1, 0.15) is 0 Å². The van der Waals surface area contributed by atoms with Crippen molar-refractivity contribution in [1.29, 1.82) is 0 Å². The number of benzene rings is 2. The number of aryl methyl sites for hydroxylation is 1. The minimum atomic E-state index is 0.531. The minimum absolute atomic E-state index is 0.531. The van der Waals surface area contributed by atoms with E-state index in [2.05, 4.69) is 50.2 Å². The maximum absolute atomic E-state index is 6.16. The molecule has 2 N–H and O–H groups in total. The van der Waals surface area contributed by atoms with E-state index in [-0.39, 0.29) is 0 Å². The third-order valence-electron chi connectivity index (χ3n) is 8.67. The Morgan fingerprint density at radius 3 is 1.41 bits per heavy atom. The zero-order chi connectivity index (χ0) is 26.1. The molecule has 0 saturated carbocycles. The van der Waals surface area contributed by atoms with Crippen LogP contribution in [0.5, 0.6) is 0 Å². The Balaban J connectivity index is 1.15. The Morgan fingerprint density at radius 1 is 0.514 bits per heavy atom. The summed E-state index contributed by atoms with van der Waals surface area (Å²) in [6.45, 7) is 4.52. The fourth-order valence-corrected chi connectivity index (χ4v) is 6.41. The second kappa shape index (κ2) is 17.7. The van der Waals surface area contributed by atoms with Crippen LogP contribution in [0.4, 0.5) is 5.69 Å². The normalized spacial score (nSPS) is 14.2. The van der Waals surface area contributed by atoms with Crippen LogP contribution >= 0.6 is 0 Å². The lowest BCUT2D eigenvalue weighted by Gasteiger charge is -2.14. The molecule has 0 aliphatic heterocycles. The fourth-order valence-electron chi connectivity index (χ4n) is 6.41. The molecule has 0 amide bonds. The van der Waals surface area contributed by atoms with E-state index in [9.17, 15) is 0 Å². The summed E-state index contributed by atoms with van der Waals surface area (Å²) in [4.78, 5) is 0. The average Bonchev–Trinajstić information content (AvgIpc) is 3.19. The first-order valence-electron chi connectivity index (χ1n) is 16.2. The molecular formula is C36H57N. The number of fused-ring (bicyclic) bond motifs is 3. The highest BCUT2D eigenvalue weighted by Gasteiger charge is 2.28. The van der Waals surface area contributed by atoms with E-state index in [1.54, 1.807) is 0 Å². The number of rotatable bonds is 21. The Hall–Kier alpha value is -1.76. The maximum Gasteiger partial charge on any atom is 0.0317 e. The maximum atomic E-state index is 6.16. The van der Waals surface area contributed by atoms with Crippen LogP contribution in [-0.2, 0) is 0 Å². The molecule has 206 valence electrons. The molecular weight excluding hydrogens is 446 g/mol. The Labute approximate surface area is 230 Å². The van der Waals surface area contributed by atoms with E-state index in [1.165, 1.54) is 163 Å². The van der Waals surface area contributed by atoms with Crippen molar-refractivity contribution in [3.63, 3.8) is 0 Å². The largest absolute Gasteiger partial charge is 0.399 e. The molecule has 0 fully saturated rings. The second-order valence-corrected chi connectivity index (χ2v) is 12.0. The van der Waals surface area contributed by atoms with E-state index >= 15 is 0 Å². The first-order chi connectivity index (χ1) is 18.2. The van der Waals surface area contributed by atoms with E-state index in [1.807, 2.05) is 0 Å². The molecule has 0 spiro atoms. The molecule has 1 unspecified atom stereocenters. The standard InChI is InChI=1S/C36H57N/c1-3-4-5-6-7-8-9-10-11-12-13-14-15-16-17-18-19-20-21-22-23-32-35-28-30(2)24-26-33(35)34-27-25-31(37)29-36(32)34/h24-29,32H,3-23,37H2,1-2H3. The summed E-state index contributed by atoms with van der Waals surface area (Å²) in [5.74, 6) is 0.531. The molecule has 37 heavy (non-hydrogen) atoms. The topological polar surface area (TPSA) is 26.0 Å². The summed E-state index contributed by atoms with van der Waals surface area (Å²) in [7, 11) is 0. The highest BCUT2D eigenvalue weighted by molar-refractivity contribution is 5.80. The van der Waals surface area contributed by atoms with Gasteiger partial charge < -0.3 is 5.73 Å². The summed E-state index contributed by atoms with van der Waals surface area (Å²) >= 11 is 0. The fraction of sp³-hybridized carbons (Fsp3) is 0.667. The number of nitrogen functional groups attached to an aromatic ring is 1. The summed E-state index contributed by atoms with van der Waals surface area (Å²) in [6, 6.07) is 13.5. The number of anilines is 1. The monoisotopic (exact) mass is 503 g/mol. The van der Waals surface area contributed by atoms with Gasteiger partial charge in [-0.15, -0.1) is 0 Å². The van der Waals surface area contributed by atoms with Crippen molar-refractivity contribution < 1.29 is 0 Å². The molecule has 0 bridgehead atoms. The van der Waals surface area contributed by atoms with E-state index in [0.717, 1.165) is 5.69 Å². The SMILES string of the molecule is CCCCCCCCCCCCCCCCCCCCCCC1c2cc(C)ccc2-c2ccc(N)cc21. The highest BCUT2D eigenvalue weighted by atomic mass is 14.5. The van der Waals surface area contributed by atoms with Crippen LogP contribution in [0.3, 0.4) is 0 Å². The summed E-state index contributed by atoms with van der Waals surface area (Å²) in [5, 5.41) is 0. The molecule has 0 radical (unpaired) electrons. The Morgan fingerprint density at radius 2 is 0.919 bits per heavy atom. The molecule has 1 nitrogen and oxygen atoms in total. The van der Waals surface area contributed by atoms with Gasteiger partial charge in [0.25, 0.3) is 0 Å².